The van der Waals surface area contributed by atoms with E-state index in [1.54, 1.807) is 24.0 Å². The molecule has 0 bridgehead atoms. The van der Waals surface area contributed by atoms with Crippen LogP contribution in [-0.2, 0) is 35.5 Å². The topological polar surface area (TPSA) is 102 Å². The molecule has 1 saturated heterocycles. The number of hydrogen-bond donors (Lipinski definition) is 1. The van der Waals surface area contributed by atoms with E-state index in [-0.39, 0.29) is 17.2 Å². The molecule has 8 nitrogen and oxygen atoms in total. The first-order chi connectivity index (χ1) is 12.3. The highest BCUT2D eigenvalue weighted by atomic mass is 32.2. The number of sulfonamides is 1. The Hall–Kier alpha value is -1.97. The summed E-state index contributed by atoms with van der Waals surface area (Å²) in [4.78, 5) is 26.0. The number of carbonyl (C=O) groups is 2. The molecule has 144 valence electrons. The highest BCUT2D eigenvalue weighted by Gasteiger charge is 2.25. The Bertz CT molecular complexity index is 726. The fourth-order valence-electron chi connectivity index (χ4n) is 2.55. The number of morpholine rings is 1. The van der Waals surface area contributed by atoms with Crippen molar-refractivity contribution >= 4 is 21.9 Å². The monoisotopic (exact) mass is 384 g/mol. The van der Waals surface area contributed by atoms with Crippen LogP contribution in [0, 0.1) is 0 Å². The van der Waals surface area contributed by atoms with Crippen molar-refractivity contribution < 1.29 is 27.5 Å². The number of nitrogens with zero attached hydrogens (tertiary/aromatic N) is 1. The zero-order chi connectivity index (χ0) is 19.2. The molecule has 9 heteroatoms. The van der Waals surface area contributed by atoms with Crippen LogP contribution in [0.15, 0.2) is 29.2 Å². The van der Waals surface area contributed by atoms with Crippen molar-refractivity contribution in [1.82, 2.24) is 9.62 Å². The molecule has 1 aliphatic rings. The van der Waals surface area contributed by atoms with Crippen molar-refractivity contribution in [1.29, 1.82) is 0 Å². The number of ether oxygens (including phenoxy) is 2. The number of rotatable bonds is 7. The van der Waals surface area contributed by atoms with E-state index in [4.69, 9.17) is 9.47 Å². The number of hydrogen-bond acceptors (Lipinski definition) is 6. The lowest BCUT2D eigenvalue weighted by molar-refractivity contribution is -0.160. The molecule has 26 heavy (non-hydrogen) atoms. The quantitative estimate of drug-likeness (QED) is 0.679. The molecule has 1 amide bonds. The Morgan fingerprint density at radius 1 is 1.23 bits per heavy atom. The van der Waals surface area contributed by atoms with Crippen molar-refractivity contribution in [2.75, 3.05) is 33.4 Å². The number of carbonyl (C=O) groups excluding carboxylic acids is 2. The summed E-state index contributed by atoms with van der Waals surface area (Å²) in [5.74, 6) is -0.686. The highest BCUT2D eigenvalue weighted by Crippen LogP contribution is 2.12. The van der Waals surface area contributed by atoms with Gasteiger partial charge in [0.1, 0.15) is 0 Å². The third kappa shape index (κ3) is 5.52. The average Bonchev–Trinajstić information content (AvgIpc) is 2.66. The zero-order valence-corrected chi connectivity index (χ0v) is 15.8. The summed E-state index contributed by atoms with van der Waals surface area (Å²) in [6.07, 6.45) is -0.320. The second kappa shape index (κ2) is 9.11. The van der Waals surface area contributed by atoms with Gasteiger partial charge in [-0.3, -0.25) is 9.59 Å². The van der Waals surface area contributed by atoms with Gasteiger partial charge in [0.2, 0.25) is 10.0 Å². The lowest BCUT2D eigenvalue weighted by Crippen LogP contribution is -2.46. The summed E-state index contributed by atoms with van der Waals surface area (Å²) < 4.78 is 36.0. The summed E-state index contributed by atoms with van der Waals surface area (Å²) in [7, 11) is -2.13. The molecule has 0 aromatic heterocycles. The van der Waals surface area contributed by atoms with E-state index >= 15 is 0 Å². The largest absolute Gasteiger partial charge is 0.453 e. The number of nitrogens with one attached hydrogen (secondary N) is 1. The van der Waals surface area contributed by atoms with Gasteiger partial charge < -0.3 is 14.4 Å². The molecule has 0 saturated carbocycles. The number of esters is 1. The molecule has 1 N–H and O–H groups in total. The first-order valence-corrected chi connectivity index (χ1v) is 9.90. The fourth-order valence-corrected chi connectivity index (χ4v) is 3.28. The summed E-state index contributed by atoms with van der Waals surface area (Å²) in [6.45, 7) is 3.55. The Labute approximate surface area is 153 Å². The van der Waals surface area contributed by atoms with Crippen molar-refractivity contribution in [3.05, 3.63) is 29.8 Å². The van der Waals surface area contributed by atoms with Crippen LogP contribution >= 0.6 is 0 Å². The van der Waals surface area contributed by atoms with Gasteiger partial charge in [-0.05, 0) is 38.1 Å². The minimum absolute atomic E-state index is 0.110. The van der Waals surface area contributed by atoms with Gasteiger partial charge >= 0.3 is 5.97 Å². The highest BCUT2D eigenvalue weighted by molar-refractivity contribution is 7.89. The van der Waals surface area contributed by atoms with Crippen molar-refractivity contribution in [2.45, 2.75) is 30.8 Å². The molecule has 1 aromatic rings. The van der Waals surface area contributed by atoms with Gasteiger partial charge in [-0.2, -0.15) is 0 Å². The molecule has 0 radical (unpaired) electrons. The van der Waals surface area contributed by atoms with Crippen LogP contribution in [0.25, 0.3) is 0 Å². The average molecular weight is 384 g/mol. The lowest BCUT2D eigenvalue weighted by Gasteiger charge is -2.28. The summed E-state index contributed by atoms with van der Waals surface area (Å²) in [6, 6.07) is 6.27. The summed E-state index contributed by atoms with van der Waals surface area (Å²) >= 11 is 0. The Morgan fingerprint density at radius 3 is 2.42 bits per heavy atom. The van der Waals surface area contributed by atoms with Gasteiger partial charge in [-0.25, -0.2) is 13.1 Å². The van der Waals surface area contributed by atoms with Gasteiger partial charge in [0.15, 0.2) is 6.10 Å². The Morgan fingerprint density at radius 2 is 1.85 bits per heavy atom. The van der Waals surface area contributed by atoms with E-state index < -0.39 is 22.1 Å². The van der Waals surface area contributed by atoms with Crippen LogP contribution in [0.4, 0.5) is 0 Å². The maximum absolute atomic E-state index is 12.2. The zero-order valence-electron chi connectivity index (χ0n) is 14.9. The van der Waals surface area contributed by atoms with E-state index in [1.165, 1.54) is 19.2 Å². The van der Waals surface area contributed by atoms with Crippen LogP contribution in [0.5, 0.6) is 0 Å². The van der Waals surface area contributed by atoms with Crippen LogP contribution in [0.1, 0.15) is 18.9 Å². The van der Waals surface area contributed by atoms with Crippen molar-refractivity contribution in [3.63, 3.8) is 0 Å². The van der Waals surface area contributed by atoms with E-state index in [1.807, 2.05) is 0 Å². The van der Waals surface area contributed by atoms with Crippen LogP contribution < -0.4 is 4.72 Å². The van der Waals surface area contributed by atoms with Gasteiger partial charge in [-0.15, -0.1) is 0 Å². The van der Waals surface area contributed by atoms with Crippen LogP contribution in [0.3, 0.4) is 0 Å². The molecule has 0 aliphatic carbocycles. The molecule has 1 heterocycles. The molecule has 1 atom stereocenters. The minimum atomic E-state index is -3.48. The number of benzene rings is 1. The molecule has 1 unspecified atom stereocenters. The maximum atomic E-state index is 12.2. The van der Waals surface area contributed by atoms with E-state index in [0.29, 0.717) is 32.7 Å². The molecular weight excluding hydrogens is 360 g/mol. The number of amides is 1. The third-order valence-corrected chi connectivity index (χ3v) is 5.53. The second-order valence-electron chi connectivity index (χ2n) is 5.92. The van der Waals surface area contributed by atoms with Gasteiger partial charge in [0.25, 0.3) is 5.91 Å². The normalized spacial score (nSPS) is 16.2. The second-order valence-corrected chi connectivity index (χ2v) is 7.81. The van der Waals surface area contributed by atoms with Gasteiger partial charge in [0.05, 0.1) is 18.1 Å². The molecule has 1 fully saturated rings. The van der Waals surface area contributed by atoms with Crippen molar-refractivity contribution in [2.24, 2.45) is 0 Å². The standard InChI is InChI=1S/C17H24N2O6S/c1-13(17(21)19-9-11-24-12-10-19)25-16(20)8-5-14-3-6-15(7-4-14)26(22,23)18-2/h3-4,6-7,13,18H,5,8-12H2,1-2H3. The van der Waals surface area contributed by atoms with Crippen molar-refractivity contribution in [3.8, 4) is 0 Å². The Kier molecular flexibility index (Phi) is 7.13. The lowest BCUT2D eigenvalue weighted by atomic mass is 10.1. The van der Waals surface area contributed by atoms with E-state index in [2.05, 4.69) is 4.72 Å². The predicted molar refractivity (Wildman–Crippen MR) is 94.0 cm³/mol. The first-order valence-electron chi connectivity index (χ1n) is 8.42. The minimum Gasteiger partial charge on any atom is -0.453 e. The third-order valence-electron chi connectivity index (χ3n) is 4.10. The molecule has 2 rings (SSSR count). The van der Waals surface area contributed by atoms with Crippen LogP contribution in [0.2, 0.25) is 0 Å². The predicted octanol–water partition coefficient (Wildman–Crippen LogP) is 0.318. The van der Waals surface area contributed by atoms with Gasteiger partial charge in [-0.1, -0.05) is 12.1 Å². The number of aryl methyl sites for hydroxylation is 1. The molecule has 1 aromatic carbocycles. The fraction of sp³-hybridized carbons (Fsp3) is 0.529. The maximum Gasteiger partial charge on any atom is 0.306 e. The smallest absolute Gasteiger partial charge is 0.306 e. The Balaban J connectivity index is 1.81. The SMILES string of the molecule is CNS(=O)(=O)c1ccc(CCC(=O)OC(C)C(=O)N2CCOCC2)cc1. The molecule has 1 aliphatic heterocycles. The summed E-state index contributed by atoms with van der Waals surface area (Å²) in [5, 5.41) is 0. The van der Waals surface area contributed by atoms with E-state index in [9.17, 15) is 18.0 Å². The molecule has 0 spiro atoms. The first kappa shape index (κ1) is 20.3. The molecular formula is C17H24N2O6S. The van der Waals surface area contributed by atoms with Gasteiger partial charge in [0, 0.05) is 19.5 Å². The van der Waals surface area contributed by atoms with Crippen LogP contribution in [-0.4, -0.2) is 64.6 Å². The summed E-state index contributed by atoms with van der Waals surface area (Å²) in [5.41, 5.74) is 0.809. The van der Waals surface area contributed by atoms with E-state index in [0.717, 1.165) is 5.56 Å².